The van der Waals surface area contributed by atoms with Gasteiger partial charge in [0.25, 0.3) is 0 Å². The molecule has 1 unspecified atom stereocenters. The second-order valence-corrected chi connectivity index (χ2v) is 7.20. The predicted molar refractivity (Wildman–Crippen MR) is 83.7 cm³/mol. The van der Waals surface area contributed by atoms with Gasteiger partial charge in [-0.3, -0.25) is 0 Å². The van der Waals surface area contributed by atoms with Gasteiger partial charge in [0.1, 0.15) is 25.7 Å². The fourth-order valence-electron chi connectivity index (χ4n) is 3.05. The number of quaternary nitrogens is 1. The lowest BCUT2D eigenvalue weighted by atomic mass is 10.1. The van der Waals surface area contributed by atoms with Crippen LogP contribution >= 0.6 is 0 Å². The standard InChI is InChI=1S/C16H25N5O2/c1-16(2,3)21-15(17-18-19-21)12-20(10-13-6-4-8-22-13)11-14-7-5-9-23-14/h4,6,8,14H,5,7,9-12H2,1-3H3/p+1/t14-/m0/s1. The quantitative estimate of drug-likeness (QED) is 0.852. The summed E-state index contributed by atoms with van der Waals surface area (Å²) >= 11 is 0. The molecule has 0 bridgehead atoms. The fourth-order valence-corrected chi connectivity index (χ4v) is 3.05. The van der Waals surface area contributed by atoms with E-state index in [9.17, 15) is 0 Å². The molecule has 7 nitrogen and oxygen atoms in total. The number of rotatable bonds is 6. The molecule has 1 aliphatic heterocycles. The Morgan fingerprint density at radius 3 is 2.87 bits per heavy atom. The first kappa shape index (κ1) is 16.1. The van der Waals surface area contributed by atoms with Gasteiger partial charge < -0.3 is 14.1 Å². The molecule has 7 heteroatoms. The van der Waals surface area contributed by atoms with Crippen molar-refractivity contribution in [3.05, 3.63) is 30.0 Å². The fraction of sp³-hybridized carbons (Fsp3) is 0.688. The highest BCUT2D eigenvalue weighted by atomic mass is 16.5. The smallest absolute Gasteiger partial charge is 0.206 e. The maximum atomic E-state index is 5.81. The Bertz CT molecular complexity index is 596. The molecule has 1 fully saturated rings. The Kier molecular flexibility index (Phi) is 4.77. The molecule has 0 aromatic carbocycles. The van der Waals surface area contributed by atoms with Crippen LogP contribution in [0.3, 0.4) is 0 Å². The van der Waals surface area contributed by atoms with Gasteiger partial charge >= 0.3 is 0 Å². The van der Waals surface area contributed by atoms with Crippen molar-refractivity contribution in [3.8, 4) is 0 Å². The monoisotopic (exact) mass is 320 g/mol. The van der Waals surface area contributed by atoms with Crippen molar-refractivity contribution < 1.29 is 14.1 Å². The molecule has 3 rings (SSSR count). The number of tetrazole rings is 1. The van der Waals surface area contributed by atoms with E-state index in [1.807, 2.05) is 16.8 Å². The number of furan rings is 1. The minimum absolute atomic E-state index is 0.127. The van der Waals surface area contributed by atoms with Gasteiger partial charge in [0.15, 0.2) is 5.76 Å². The minimum Gasteiger partial charge on any atom is -0.463 e. The highest BCUT2D eigenvalue weighted by Gasteiger charge is 2.27. The molecule has 1 aliphatic rings. The maximum Gasteiger partial charge on any atom is 0.206 e. The Hall–Kier alpha value is -1.73. The third kappa shape index (κ3) is 4.17. The predicted octanol–water partition coefficient (Wildman–Crippen LogP) is 0.785. The van der Waals surface area contributed by atoms with Crippen LogP contribution in [-0.2, 0) is 23.4 Å². The lowest BCUT2D eigenvalue weighted by Crippen LogP contribution is -3.10. The number of nitrogens with zero attached hydrogens (tertiary/aromatic N) is 4. The largest absolute Gasteiger partial charge is 0.463 e. The van der Waals surface area contributed by atoms with Crippen LogP contribution < -0.4 is 4.90 Å². The average molecular weight is 320 g/mol. The first-order valence-corrected chi connectivity index (χ1v) is 8.27. The Balaban J connectivity index is 1.73. The van der Waals surface area contributed by atoms with E-state index in [1.165, 1.54) is 4.90 Å². The summed E-state index contributed by atoms with van der Waals surface area (Å²) < 4.78 is 13.2. The van der Waals surface area contributed by atoms with E-state index in [0.29, 0.717) is 6.10 Å². The van der Waals surface area contributed by atoms with Crippen LogP contribution in [0.4, 0.5) is 0 Å². The molecule has 0 saturated carbocycles. The van der Waals surface area contributed by atoms with E-state index in [4.69, 9.17) is 9.15 Å². The minimum atomic E-state index is -0.127. The van der Waals surface area contributed by atoms with Crippen LogP contribution in [-0.4, -0.2) is 39.5 Å². The first-order valence-electron chi connectivity index (χ1n) is 8.27. The zero-order valence-corrected chi connectivity index (χ0v) is 14.2. The molecule has 1 N–H and O–H groups in total. The van der Waals surface area contributed by atoms with E-state index >= 15 is 0 Å². The van der Waals surface area contributed by atoms with E-state index < -0.39 is 0 Å². The molecule has 126 valence electrons. The SMILES string of the molecule is CC(C)(C)n1nnnc1C[NH+](Cc1ccco1)C[C@@H]1CCCO1. The van der Waals surface area contributed by atoms with Crippen molar-refractivity contribution in [2.75, 3.05) is 13.2 Å². The second-order valence-electron chi connectivity index (χ2n) is 7.20. The van der Waals surface area contributed by atoms with Crippen LogP contribution in [0, 0.1) is 0 Å². The van der Waals surface area contributed by atoms with E-state index in [-0.39, 0.29) is 5.54 Å². The molecule has 23 heavy (non-hydrogen) atoms. The molecule has 1 saturated heterocycles. The third-order valence-electron chi connectivity index (χ3n) is 4.12. The molecule has 0 aliphatic carbocycles. The summed E-state index contributed by atoms with van der Waals surface area (Å²) in [6.07, 6.45) is 4.32. The molecule has 0 amide bonds. The Morgan fingerprint density at radius 1 is 1.35 bits per heavy atom. The van der Waals surface area contributed by atoms with Crippen LogP contribution in [0.2, 0.25) is 0 Å². The molecule has 2 atom stereocenters. The lowest BCUT2D eigenvalue weighted by Gasteiger charge is -2.24. The summed E-state index contributed by atoms with van der Waals surface area (Å²) in [6.45, 7) is 9.71. The molecule has 2 aromatic rings. The zero-order valence-electron chi connectivity index (χ0n) is 14.2. The van der Waals surface area contributed by atoms with Crippen molar-refractivity contribution in [2.45, 2.75) is 58.3 Å². The Morgan fingerprint density at radius 2 is 2.22 bits per heavy atom. The normalized spacial score (nSPS) is 20.0. The summed E-state index contributed by atoms with van der Waals surface area (Å²) in [4.78, 5) is 1.35. The topological polar surface area (TPSA) is 70.4 Å². The summed E-state index contributed by atoms with van der Waals surface area (Å²) in [5.74, 6) is 1.88. The first-order chi connectivity index (χ1) is 11.0. The third-order valence-corrected chi connectivity index (χ3v) is 4.12. The maximum absolute atomic E-state index is 5.81. The lowest BCUT2D eigenvalue weighted by molar-refractivity contribution is -0.932. The number of nitrogens with one attached hydrogen (secondary N) is 1. The van der Waals surface area contributed by atoms with Gasteiger partial charge in [0, 0.05) is 6.61 Å². The van der Waals surface area contributed by atoms with Gasteiger partial charge in [-0.15, -0.1) is 5.10 Å². The molecular formula is C16H26N5O2+. The molecular weight excluding hydrogens is 294 g/mol. The summed E-state index contributed by atoms with van der Waals surface area (Å²) in [5.41, 5.74) is -0.127. The summed E-state index contributed by atoms with van der Waals surface area (Å²) in [5, 5.41) is 12.3. The summed E-state index contributed by atoms with van der Waals surface area (Å²) in [6, 6.07) is 3.94. The van der Waals surface area contributed by atoms with Crippen molar-refractivity contribution in [1.82, 2.24) is 20.2 Å². The number of hydrogen-bond acceptors (Lipinski definition) is 5. The zero-order chi connectivity index (χ0) is 16.3. The van der Waals surface area contributed by atoms with Crippen LogP contribution in [0.25, 0.3) is 0 Å². The van der Waals surface area contributed by atoms with Crippen molar-refractivity contribution in [1.29, 1.82) is 0 Å². The van der Waals surface area contributed by atoms with Crippen molar-refractivity contribution >= 4 is 0 Å². The van der Waals surface area contributed by atoms with Crippen molar-refractivity contribution in [3.63, 3.8) is 0 Å². The van der Waals surface area contributed by atoms with E-state index in [1.54, 1.807) is 6.26 Å². The molecule has 0 spiro atoms. The van der Waals surface area contributed by atoms with Gasteiger partial charge in [-0.05, 0) is 56.2 Å². The van der Waals surface area contributed by atoms with Crippen LogP contribution in [0.15, 0.2) is 22.8 Å². The van der Waals surface area contributed by atoms with Crippen molar-refractivity contribution in [2.24, 2.45) is 0 Å². The van der Waals surface area contributed by atoms with Gasteiger partial charge in [0.2, 0.25) is 5.82 Å². The number of hydrogen-bond donors (Lipinski definition) is 1. The van der Waals surface area contributed by atoms with Gasteiger partial charge in [0.05, 0.1) is 11.8 Å². The van der Waals surface area contributed by atoms with E-state index in [2.05, 4.69) is 36.3 Å². The number of ether oxygens (including phenoxy) is 1. The Labute approximate surface area is 136 Å². The number of aromatic nitrogens is 4. The van der Waals surface area contributed by atoms with Gasteiger partial charge in [-0.25, -0.2) is 4.68 Å². The van der Waals surface area contributed by atoms with Crippen LogP contribution in [0.1, 0.15) is 45.2 Å². The second kappa shape index (κ2) is 6.80. The average Bonchev–Trinajstić information content (AvgIpc) is 3.18. The molecule has 3 heterocycles. The van der Waals surface area contributed by atoms with Gasteiger partial charge in [-0.1, -0.05) is 0 Å². The van der Waals surface area contributed by atoms with E-state index in [0.717, 1.165) is 50.7 Å². The highest BCUT2D eigenvalue weighted by molar-refractivity contribution is 4.96. The summed E-state index contributed by atoms with van der Waals surface area (Å²) in [7, 11) is 0. The molecule has 0 radical (unpaired) electrons. The highest BCUT2D eigenvalue weighted by Crippen LogP contribution is 2.13. The van der Waals surface area contributed by atoms with Crippen LogP contribution in [0.5, 0.6) is 0 Å². The molecule has 2 aromatic heterocycles. The van der Waals surface area contributed by atoms with Gasteiger partial charge in [-0.2, -0.15) is 0 Å².